The van der Waals surface area contributed by atoms with Crippen LogP contribution in [0.15, 0.2) is 149 Å². The third-order valence-corrected chi connectivity index (χ3v) is 6.14. The van der Waals surface area contributed by atoms with Gasteiger partial charge in [-0.05, 0) is 79.1 Å². The smallest absolute Gasteiger partial charge is 0.136 e. The molecular weight excluding hydrogens is 472 g/mol. The number of fused-ring (bicyclic) bond motifs is 5. The largest absolute Gasteiger partial charge is 0.456 e. The summed E-state index contributed by atoms with van der Waals surface area (Å²) in [6, 6.07) is -21.5. The molecule has 0 aliphatic carbocycles. The normalized spacial score (nSPS) is 20.2. The highest BCUT2D eigenvalue weighted by Crippen LogP contribution is 2.45. The number of hydrogen-bond acceptors (Lipinski definition) is 1. The summed E-state index contributed by atoms with van der Waals surface area (Å²) >= 11 is 0. The molecule has 8 aromatic rings. The van der Waals surface area contributed by atoms with Crippen LogP contribution >= 0.6 is 0 Å². The van der Waals surface area contributed by atoms with Gasteiger partial charge in [-0.1, -0.05) is 121 Å². The molecule has 1 heterocycles. The van der Waals surface area contributed by atoms with Crippen molar-refractivity contribution in [3.05, 3.63) is 145 Å². The molecule has 0 fully saturated rings. The van der Waals surface area contributed by atoms with E-state index >= 15 is 0 Å². The summed E-state index contributed by atoms with van der Waals surface area (Å²) in [5.41, 5.74) is -5.56. The molecule has 0 spiro atoms. The van der Waals surface area contributed by atoms with Gasteiger partial charge in [0.15, 0.2) is 0 Å². The van der Waals surface area contributed by atoms with Crippen molar-refractivity contribution in [1.82, 2.24) is 0 Å². The van der Waals surface area contributed by atoms with Crippen LogP contribution in [0.4, 0.5) is 0 Å². The van der Waals surface area contributed by atoms with Crippen LogP contribution in [0.2, 0.25) is 0 Å². The fourth-order valence-corrected chi connectivity index (χ4v) is 4.52. The SMILES string of the molecule is [2H]c1c([2H])c([2H])c(-c2c3c([2H])c([2H])c([2H])c([2H])c3c(-c3c([2H])c([2H])c([2H])c([2H])c3[2H])c3c([2H])c(-c4c([2H])c([2H])c5c(oc6c([2H])c([2H])c([2H])c([2H])c65)c4[2H])c([2H])c([2H])c23)c([2H])c1[2H]. The predicted octanol–water partition coefficient (Wildman–Crippen LogP) is 10.9. The number of furan rings is 1. The summed E-state index contributed by atoms with van der Waals surface area (Å²) < 4.78 is 217. The molecule has 1 nitrogen and oxygen atoms in total. The van der Waals surface area contributed by atoms with E-state index in [1.54, 1.807) is 0 Å². The molecule has 182 valence electrons. The van der Waals surface area contributed by atoms with Gasteiger partial charge >= 0.3 is 0 Å². The molecule has 0 aliphatic heterocycles. The van der Waals surface area contributed by atoms with E-state index in [0.29, 0.717) is 0 Å². The highest BCUT2D eigenvalue weighted by atomic mass is 16.3. The van der Waals surface area contributed by atoms with Crippen LogP contribution in [-0.2, 0) is 0 Å². The molecule has 0 aliphatic rings. The van der Waals surface area contributed by atoms with Crippen molar-refractivity contribution in [3.8, 4) is 33.4 Å². The summed E-state index contributed by atoms with van der Waals surface area (Å²) in [5.74, 6) is 0. The van der Waals surface area contributed by atoms with Gasteiger partial charge in [-0.2, -0.15) is 0 Å². The second-order valence-corrected chi connectivity index (χ2v) is 8.26. The summed E-state index contributed by atoms with van der Waals surface area (Å²) in [7, 11) is 0. The zero-order valence-electron chi connectivity index (χ0n) is 43.4. The number of benzene rings is 7. The lowest BCUT2D eigenvalue weighted by molar-refractivity contribution is 0.669. The summed E-state index contributed by atoms with van der Waals surface area (Å²) in [6.45, 7) is 0. The minimum atomic E-state index is -1.02. The topological polar surface area (TPSA) is 13.1 Å². The Kier molecular flexibility index (Phi) is 1.94. The van der Waals surface area contributed by atoms with Crippen LogP contribution in [0, 0.1) is 0 Å². The van der Waals surface area contributed by atoms with Gasteiger partial charge in [-0.3, -0.25) is 0 Å². The van der Waals surface area contributed by atoms with Crippen molar-refractivity contribution in [2.24, 2.45) is 0 Å². The first kappa shape index (κ1) is 8.69. The minimum absolute atomic E-state index is 0.348. The molecule has 0 atom stereocenters. The fraction of sp³-hybridized carbons (Fsp3) is 0. The van der Waals surface area contributed by atoms with Gasteiger partial charge in [0.05, 0.1) is 32.9 Å². The first-order valence-corrected chi connectivity index (χ1v) is 11.4. The Bertz CT molecular complexity index is 3440. The van der Waals surface area contributed by atoms with Gasteiger partial charge in [0.25, 0.3) is 0 Å². The Balaban J connectivity index is 1.75. The Hall–Kier alpha value is -5.14. The molecule has 1 heteroatoms. The van der Waals surface area contributed by atoms with E-state index < -0.39 is 216 Å². The van der Waals surface area contributed by atoms with Crippen LogP contribution in [0.1, 0.15) is 32.9 Å². The highest BCUT2D eigenvalue weighted by Gasteiger charge is 2.17. The minimum Gasteiger partial charge on any atom is -0.456 e. The van der Waals surface area contributed by atoms with E-state index in [-0.39, 0.29) is 5.39 Å². The van der Waals surface area contributed by atoms with Gasteiger partial charge < -0.3 is 4.42 Å². The quantitative estimate of drug-likeness (QED) is 0.211. The second kappa shape index (κ2) is 8.72. The van der Waals surface area contributed by atoms with Crippen molar-refractivity contribution < 1.29 is 37.3 Å². The van der Waals surface area contributed by atoms with Crippen molar-refractivity contribution >= 4 is 43.5 Å². The molecule has 0 bridgehead atoms. The standard InChI is InChI=1S/C38H24O/c1-3-11-25(12-4-1)37-31-16-7-8-17-32(31)38(26-13-5-2-6-14-26)34-23-27(20-22-33(34)37)28-19-21-30-29-15-9-10-18-35(29)39-36(30)24-28/h1-24H/i1D,2D,3D,4D,5D,6D,7D,8D,9D,10D,11D,12D,13D,14D,15D,16D,17D,18D,19D,20D,21D,22D,23D,24D. The molecular formula is C38H24O. The van der Waals surface area contributed by atoms with Crippen LogP contribution in [0.25, 0.3) is 76.9 Å². The van der Waals surface area contributed by atoms with Crippen molar-refractivity contribution in [2.45, 2.75) is 0 Å². The van der Waals surface area contributed by atoms with Gasteiger partial charge in [0.1, 0.15) is 11.2 Å². The Labute approximate surface area is 260 Å². The molecule has 0 unspecified atom stereocenters. The maximum absolute atomic E-state index is 9.86. The van der Waals surface area contributed by atoms with E-state index in [4.69, 9.17) is 30.5 Å². The van der Waals surface area contributed by atoms with Crippen LogP contribution in [0.3, 0.4) is 0 Å². The third-order valence-electron chi connectivity index (χ3n) is 6.14. The molecule has 0 saturated heterocycles. The Morgan fingerprint density at radius 3 is 1.46 bits per heavy atom. The fourth-order valence-electron chi connectivity index (χ4n) is 4.52. The monoisotopic (exact) mass is 520 g/mol. The van der Waals surface area contributed by atoms with E-state index in [1.807, 2.05) is 0 Å². The molecule has 7 aromatic carbocycles. The predicted molar refractivity (Wildman–Crippen MR) is 165 cm³/mol. The van der Waals surface area contributed by atoms with Crippen molar-refractivity contribution in [1.29, 1.82) is 0 Å². The third kappa shape index (κ3) is 3.48. The number of rotatable bonds is 3. The van der Waals surface area contributed by atoms with E-state index in [2.05, 4.69) is 0 Å². The summed E-state index contributed by atoms with van der Waals surface area (Å²) in [5, 5.41) is -3.57. The van der Waals surface area contributed by atoms with Crippen molar-refractivity contribution in [3.63, 3.8) is 0 Å². The average Bonchev–Trinajstić information content (AvgIpc) is 3.67. The van der Waals surface area contributed by atoms with E-state index in [0.717, 1.165) is 0 Å². The van der Waals surface area contributed by atoms with Crippen LogP contribution in [0.5, 0.6) is 0 Å². The van der Waals surface area contributed by atoms with E-state index in [1.165, 1.54) is 0 Å². The number of para-hydroxylation sites is 1. The summed E-state index contributed by atoms with van der Waals surface area (Å²) in [4.78, 5) is 0. The molecule has 8 rings (SSSR count). The van der Waals surface area contributed by atoms with Gasteiger partial charge in [0, 0.05) is 10.8 Å². The zero-order valence-corrected chi connectivity index (χ0v) is 19.4. The molecule has 0 saturated carbocycles. The van der Waals surface area contributed by atoms with Gasteiger partial charge in [-0.15, -0.1) is 0 Å². The van der Waals surface area contributed by atoms with Gasteiger partial charge in [-0.25, -0.2) is 0 Å². The second-order valence-electron chi connectivity index (χ2n) is 8.26. The lowest BCUT2D eigenvalue weighted by Gasteiger charge is -2.18. The van der Waals surface area contributed by atoms with Crippen molar-refractivity contribution in [2.75, 3.05) is 0 Å². The van der Waals surface area contributed by atoms with Gasteiger partial charge in [0.2, 0.25) is 0 Å². The van der Waals surface area contributed by atoms with Crippen LogP contribution in [-0.4, -0.2) is 0 Å². The zero-order chi connectivity index (χ0) is 46.6. The summed E-state index contributed by atoms with van der Waals surface area (Å²) in [6.07, 6.45) is 0. The van der Waals surface area contributed by atoms with Crippen LogP contribution < -0.4 is 0 Å². The molecule has 1 aromatic heterocycles. The Morgan fingerprint density at radius 1 is 0.333 bits per heavy atom. The average molecular weight is 521 g/mol. The first-order chi connectivity index (χ1) is 29.3. The first-order valence-electron chi connectivity index (χ1n) is 23.4. The molecule has 0 amide bonds. The number of hydrogen-bond donors (Lipinski definition) is 0. The maximum atomic E-state index is 9.86. The highest BCUT2D eigenvalue weighted by molar-refractivity contribution is 6.22. The molecule has 0 N–H and O–H groups in total. The lowest BCUT2D eigenvalue weighted by atomic mass is 9.85. The molecule has 0 radical (unpaired) electrons. The van der Waals surface area contributed by atoms with E-state index in [9.17, 15) is 6.85 Å². The lowest BCUT2D eigenvalue weighted by Crippen LogP contribution is -1.91. The maximum Gasteiger partial charge on any atom is 0.136 e. The Morgan fingerprint density at radius 2 is 0.795 bits per heavy atom. The molecule has 39 heavy (non-hydrogen) atoms.